The highest BCUT2D eigenvalue weighted by molar-refractivity contribution is 5.81. The molecule has 218 valence electrons. The molecule has 0 bridgehead atoms. The highest BCUT2D eigenvalue weighted by Crippen LogP contribution is 2.45. The molecule has 0 radical (unpaired) electrons. The fourth-order valence-electron chi connectivity index (χ4n) is 5.21. The molecule has 7 atom stereocenters. The zero-order chi connectivity index (χ0) is 29.0. The number of aliphatic hydroxyl groups is 1. The smallest absolute Gasteiger partial charge is 0.328 e. The Bertz CT molecular complexity index is 960. The third kappa shape index (κ3) is 11.3. The lowest BCUT2D eigenvalue weighted by Crippen LogP contribution is -2.52. The van der Waals surface area contributed by atoms with Crippen molar-refractivity contribution in [2.75, 3.05) is 0 Å². The molecule has 6 unspecified atom stereocenters. The lowest BCUT2D eigenvalue weighted by Gasteiger charge is -2.49. The summed E-state index contributed by atoms with van der Waals surface area (Å²) in [5.41, 5.74) is 1.69. The van der Waals surface area contributed by atoms with Crippen LogP contribution in [0.3, 0.4) is 0 Å². The van der Waals surface area contributed by atoms with E-state index in [-0.39, 0.29) is 18.1 Å². The van der Waals surface area contributed by atoms with E-state index in [9.17, 15) is 14.7 Å². The van der Waals surface area contributed by atoms with E-state index in [1.54, 1.807) is 19.9 Å². The number of carboxylic acid groups (broad SMARTS) is 2. The molecule has 0 aromatic carbocycles. The molecule has 7 nitrogen and oxygen atoms in total. The number of aliphatic hydroxyl groups excluding tert-OH is 1. The molecular weight excluding hydrogens is 496 g/mol. The van der Waals surface area contributed by atoms with Gasteiger partial charge in [-0.2, -0.15) is 0 Å². The molecule has 0 aromatic heterocycles. The van der Waals surface area contributed by atoms with E-state index >= 15 is 0 Å². The predicted molar refractivity (Wildman–Crippen MR) is 153 cm³/mol. The first kappa shape index (κ1) is 32.7. The van der Waals surface area contributed by atoms with E-state index in [2.05, 4.69) is 19.9 Å². The quantitative estimate of drug-likeness (QED) is 0.177. The minimum absolute atomic E-state index is 0.00918. The molecule has 2 heterocycles. The third-order valence-electron chi connectivity index (χ3n) is 7.83. The van der Waals surface area contributed by atoms with E-state index < -0.39 is 23.8 Å². The largest absolute Gasteiger partial charge is 0.478 e. The van der Waals surface area contributed by atoms with Gasteiger partial charge >= 0.3 is 11.9 Å². The third-order valence-corrected chi connectivity index (χ3v) is 7.83. The van der Waals surface area contributed by atoms with Crippen LogP contribution in [-0.2, 0) is 19.1 Å². The van der Waals surface area contributed by atoms with Gasteiger partial charge in [0, 0.05) is 30.9 Å². The van der Waals surface area contributed by atoms with Gasteiger partial charge < -0.3 is 24.8 Å². The Morgan fingerprint density at radius 2 is 1.72 bits per heavy atom. The highest BCUT2D eigenvalue weighted by Gasteiger charge is 2.46. The van der Waals surface area contributed by atoms with Crippen molar-refractivity contribution in [3.05, 3.63) is 59.8 Å². The van der Waals surface area contributed by atoms with Crippen LogP contribution in [0.25, 0.3) is 0 Å². The normalized spacial score (nSPS) is 30.4. The predicted octanol–water partition coefficient (Wildman–Crippen LogP) is 6.60. The summed E-state index contributed by atoms with van der Waals surface area (Å²) in [5, 5.41) is 28.1. The fraction of sp³-hybridized carbons (Fsp3) is 0.625. The molecule has 1 spiro atoms. The van der Waals surface area contributed by atoms with Crippen LogP contribution in [0.15, 0.2) is 59.8 Å². The number of carbonyl (C=O) groups is 2. The van der Waals surface area contributed by atoms with Crippen molar-refractivity contribution >= 4 is 11.9 Å². The molecular formula is C32H48O7. The first-order valence-corrected chi connectivity index (χ1v) is 14.3. The summed E-state index contributed by atoms with van der Waals surface area (Å²) in [6.45, 7) is 9.94. The molecule has 0 aromatic rings. The lowest BCUT2D eigenvalue weighted by molar-refractivity contribution is -0.324. The summed E-state index contributed by atoms with van der Waals surface area (Å²) >= 11 is 0. The monoisotopic (exact) mass is 544 g/mol. The van der Waals surface area contributed by atoms with Crippen molar-refractivity contribution in [3.8, 4) is 0 Å². The molecule has 2 saturated heterocycles. The maximum Gasteiger partial charge on any atom is 0.328 e. The van der Waals surface area contributed by atoms with E-state index in [1.165, 1.54) is 12.2 Å². The molecule has 0 saturated carbocycles. The van der Waals surface area contributed by atoms with Crippen molar-refractivity contribution < 1.29 is 34.4 Å². The van der Waals surface area contributed by atoms with Crippen LogP contribution in [0.1, 0.15) is 86.0 Å². The maximum absolute atomic E-state index is 11.0. The number of rotatable bonds is 13. The van der Waals surface area contributed by atoms with Crippen LogP contribution in [-0.4, -0.2) is 51.4 Å². The summed E-state index contributed by atoms with van der Waals surface area (Å²) in [4.78, 5) is 21.7. The highest BCUT2D eigenvalue weighted by atomic mass is 16.7. The number of carboxylic acids is 2. The van der Waals surface area contributed by atoms with Crippen molar-refractivity contribution in [3.63, 3.8) is 0 Å². The van der Waals surface area contributed by atoms with Crippen LogP contribution in [0.4, 0.5) is 0 Å². The van der Waals surface area contributed by atoms with Gasteiger partial charge in [-0.15, -0.1) is 0 Å². The summed E-state index contributed by atoms with van der Waals surface area (Å²) in [6.07, 6.45) is 20.2. The van der Waals surface area contributed by atoms with Gasteiger partial charge in [-0.25, -0.2) is 9.59 Å². The Hall–Kier alpha value is -2.48. The Morgan fingerprint density at radius 3 is 2.38 bits per heavy atom. The van der Waals surface area contributed by atoms with Crippen LogP contribution < -0.4 is 0 Å². The van der Waals surface area contributed by atoms with Crippen molar-refractivity contribution in [2.45, 2.75) is 110 Å². The first-order chi connectivity index (χ1) is 18.4. The van der Waals surface area contributed by atoms with Crippen molar-refractivity contribution in [1.82, 2.24) is 0 Å². The standard InChI is InChI=1S/C32H48O7/c1-6-7-8-26-18-20-32(39-29(26)15-11-23(3)21-31(36)37)19-17-25(5)28(38-32)14-10-22(2)9-13-27(33)24(4)12-16-30(34)35/h9-13,15-16,21,24-29,33H,6-8,14,17-20H2,1-5H3,(H,34,35)(H,36,37)/b13-9+,15-11+,16-12+,22-10+,23-21+/t24?,25?,26?,27?,28?,29?,32-/m0/s1. The summed E-state index contributed by atoms with van der Waals surface area (Å²) in [6, 6.07) is 0. The van der Waals surface area contributed by atoms with Gasteiger partial charge in [0.2, 0.25) is 0 Å². The Labute approximate surface area is 234 Å². The fourth-order valence-corrected chi connectivity index (χ4v) is 5.21. The van der Waals surface area contributed by atoms with Gasteiger partial charge in [0.15, 0.2) is 5.79 Å². The number of ether oxygens (including phenoxy) is 2. The molecule has 2 fully saturated rings. The average Bonchev–Trinajstić information content (AvgIpc) is 2.88. The number of hydrogen-bond acceptors (Lipinski definition) is 5. The molecule has 39 heavy (non-hydrogen) atoms. The van der Waals surface area contributed by atoms with Crippen LogP contribution >= 0.6 is 0 Å². The number of allylic oxidation sites excluding steroid dienone is 4. The van der Waals surface area contributed by atoms with Crippen LogP contribution in [0.5, 0.6) is 0 Å². The molecule has 2 aliphatic rings. The Kier molecular flexibility index (Phi) is 13.4. The molecule has 2 aliphatic heterocycles. The van der Waals surface area contributed by atoms with Crippen molar-refractivity contribution in [1.29, 1.82) is 0 Å². The van der Waals surface area contributed by atoms with Gasteiger partial charge in [0.1, 0.15) is 0 Å². The SMILES string of the molecule is CCCCC1CC[C@]2(CCC(C)C(C/C=C(C)/C=C/C(O)C(C)/C=C/C(=O)O)O2)OC1/C=C/C(C)=C/C(=O)O. The number of aliphatic carboxylic acids is 2. The van der Waals surface area contributed by atoms with Crippen molar-refractivity contribution in [2.24, 2.45) is 17.8 Å². The van der Waals surface area contributed by atoms with E-state index in [4.69, 9.17) is 19.7 Å². The lowest BCUT2D eigenvalue weighted by atomic mass is 9.81. The topological polar surface area (TPSA) is 113 Å². The summed E-state index contributed by atoms with van der Waals surface area (Å²) < 4.78 is 13.4. The van der Waals surface area contributed by atoms with Gasteiger partial charge in [0.05, 0.1) is 18.3 Å². The Morgan fingerprint density at radius 1 is 1.00 bits per heavy atom. The van der Waals surface area contributed by atoms with Gasteiger partial charge in [0.25, 0.3) is 0 Å². The molecule has 0 aliphatic carbocycles. The zero-order valence-corrected chi connectivity index (χ0v) is 24.2. The number of unbranched alkanes of at least 4 members (excludes halogenated alkanes) is 1. The minimum Gasteiger partial charge on any atom is -0.478 e. The summed E-state index contributed by atoms with van der Waals surface area (Å²) in [5.74, 6) is -2.14. The Balaban J connectivity index is 2.08. The second-order valence-corrected chi connectivity index (χ2v) is 11.3. The number of hydrogen-bond donors (Lipinski definition) is 3. The van der Waals surface area contributed by atoms with Crippen LogP contribution in [0, 0.1) is 17.8 Å². The van der Waals surface area contributed by atoms with E-state index in [1.807, 2.05) is 25.2 Å². The van der Waals surface area contributed by atoms with Gasteiger partial charge in [-0.1, -0.05) is 75.6 Å². The second kappa shape index (κ2) is 15.9. The van der Waals surface area contributed by atoms with E-state index in [0.29, 0.717) is 17.4 Å². The minimum atomic E-state index is -1.03. The molecule has 0 amide bonds. The maximum atomic E-state index is 11.0. The first-order valence-electron chi connectivity index (χ1n) is 14.3. The van der Waals surface area contributed by atoms with E-state index in [0.717, 1.165) is 63.0 Å². The second-order valence-electron chi connectivity index (χ2n) is 11.3. The molecule has 2 rings (SSSR count). The molecule has 7 heteroatoms. The average molecular weight is 545 g/mol. The zero-order valence-electron chi connectivity index (χ0n) is 24.2. The van der Waals surface area contributed by atoms with Gasteiger partial charge in [-0.05, 0) is 56.9 Å². The van der Waals surface area contributed by atoms with Crippen LogP contribution in [0.2, 0.25) is 0 Å². The molecule has 3 N–H and O–H groups in total. The van der Waals surface area contributed by atoms with Gasteiger partial charge in [-0.3, -0.25) is 0 Å². The summed E-state index contributed by atoms with van der Waals surface area (Å²) in [7, 11) is 0.